The van der Waals surface area contributed by atoms with Crippen LogP contribution in [0.15, 0.2) is 18.2 Å². The smallest absolute Gasteiger partial charge is 0.231 e. The van der Waals surface area contributed by atoms with Gasteiger partial charge in [0, 0.05) is 19.8 Å². The molecule has 1 aromatic carbocycles. The van der Waals surface area contributed by atoms with Gasteiger partial charge in [0.2, 0.25) is 5.91 Å². The molecule has 0 aliphatic carbocycles. The highest BCUT2D eigenvalue weighted by atomic mass is 16.5. The Kier molecular flexibility index (Phi) is 2.94. The maximum Gasteiger partial charge on any atom is 0.231 e. The summed E-state index contributed by atoms with van der Waals surface area (Å²) in [7, 11) is 3.31. The molecule has 1 heterocycles. The molecule has 4 heteroatoms. The second-order valence-electron chi connectivity index (χ2n) is 3.99. The Morgan fingerprint density at radius 1 is 1.56 bits per heavy atom. The van der Waals surface area contributed by atoms with Crippen LogP contribution in [0.5, 0.6) is 0 Å². The molecule has 4 nitrogen and oxygen atoms in total. The van der Waals surface area contributed by atoms with Crippen molar-refractivity contribution in [2.45, 2.75) is 12.5 Å². The molecule has 0 saturated carbocycles. The highest BCUT2D eigenvalue weighted by Gasteiger charge is 2.24. The molecule has 0 aromatic heterocycles. The van der Waals surface area contributed by atoms with Crippen molar-refractivity contribution in [1.82, 2.24) is 0 Å². The molecule has 1 atom stereocenters. The van der Waals surface area contributed by atoms with Crippen LogP contribution in [0.4, 0.5) is 5.69 Å². The van der Waals surface area contributed by atoms with Crippen molar-refractivity contribution in [3.63, 3.8) is 0 Å². The van der Waals surface area contributed by atoms with Gasteiger partial charge in [-0.1, -0.05) is 12.1 Å². The lowest BCUT2D eigenvalue weighted by molar-refractivity contribution is -0.117. The summed E-state index contributed by atoms with van der Waals surface area (Å²) < 4.78 is 4.89. The van der Waals surface area contributed by atoms with E-state index < -0.39 is 6.10 Å². The Balaban J connectivity index is 2.28. The largest absolute Gasteiger partial charge is 0.386 e. The molecular weight excluding hydrogens is 206 g/mol. The molecule has 86 valence electrons. The maximum absolute atomic E-state index is 11.5. The van der Waals surface area contributed by atoms with Crippen molar-refractivity contribution in [3.05, 3.63) is 29.3 Å². The van der Waals surface area contributed by atoms with E-state index >= 15 is 0 Å². The number of methoxy groups -OCH3 is 1. The van der Waals surface area contributed by atoms with Crippen molar-refractivity contribution < 1.29 is 14.6 Å². The number of amides is 1. The number of nitrogens with zero attached hydrogens (tertiary/aromatic N) is 1. The van der Waals surface area contributed by atoms with Crippen molar-refractivity contribution in [1.29, 1.82) is 0 Å². The van der Waals surface area contributed by atoms with Crippen LogP contribution in [0, 0.1) is 0 Å². The van der Waals surface area contributed by atoms with E-state index in [0.717, 1.165) is 16.8 Å². The van der Waals surface area contributed by atoms with Crippen molar-refractivity contribution in [2.75, 3.05) is 25.7 Å². The Labute approximate surface area is 94.4 Å². The minimum absolute atomic E-state index is 0.0911. The van der Waals surface area contributed by atoms with Crippen molar-refractivity contribution >= 4 is 11.6 Å². The Hall–Kier alpha value is -1.39. The van der Waals surface area contributed by atoms with Crippen LogP contribution < -0.4 is 4.90 Å². The molecule has 1 N–H and O–H groups in total. The minimum atomic E-state index is -0.628. The molecule has 2 rings (SSSR count). The zero-order valence-corrected chi connectivity index (χ0v) is 9.43. The number of benzene rings is 1. The number of carbonyl (C=O) groups is 1. The third-order valence-electron chi connectivity index (χ3n) is 2.89. The molecule has 0 radical (unpaired) electrons. The average molecular weight is 221 g/mol. The van der Waals surface area contributed by atoms with Gasteiger partial charge in [-0.2, -0.15) is 0 Å². The Bertz CT molecular complexity index is 417. The van der Waals surface area contributed by atoms with Gasteiger partial charge in [0.25, 0.3) is 0 Å². The quantitative estimate of drug-likeness (QED) is 0.824. The highest BCUT2D eigenvalue weighted by Crippen LogP contribution is 2.30. The van der Waals surface area contributed by atoms with E-state index in [4.69, 9.17) is 4.74 Å². The van der Waals surface area contributed by atoms with E-state index in [0.29, 0.717) is 6.42 Å². The molecule has 1 amide bonds. The first-order chi connectivity index (χ1) is 7.63. The summed E-state index contributed by atoms with van der Waals surface area (Å²) in [6.45, 7) is 0.266. The number of ether oxygens (including phenoxy) is 1. The number of likely N-dealkylation sites (N-methyl/N-ethyl adjacent to an activating group) is 1. The van der Waals surface area contributed by atoms with Gasteiger partial charge in [0.15, 0.2) is 0 Å². The van der Waals surface area contributed by atoms with Crippen LogP contribution in [0.2, 0.25) is 0 Å². The zero-order valence-electron chi connectivity index (χ0n) is 9.43. The first-order valence-electron chi connectivity index (χ1n) is 5.20. The predicted octanol–water partition coefficient (Wildman–Crippen LogP) is 0.885. The molecule has 1 aliphatic heterocycles. The first-order valence-corrected chi connectivity index (χ1v) is 5.20. The molecule has 1 aliphatic rings. The van der Waals surface area contributed by atoms with Gasteiger partial charge in [-0.3, -0.25) is 4.79 Å². The predicted molar refractivity (Wildman–Crippen MR) is 60.4 cm³/mol. The van der Waals surface area contributed by atoms with Gasteiger partial charge < -0.3 is 14.7 Å². The van der Waals surface area contributed by atoms with Crippen LogP contribution in [0.1, 0.15) is 17.2 Å². The summed E-state index contributed by atoms with van der Waals surface area (Å²) in [6, 6.07) is 5.58. The Morgan fingerprint density at radius 3 is 3.00 bits per heavy atom. The molecule has 0 saturated heterocycles. The standard InChI is InChI=1S/C12H15NO3/c1-13-10-4-3-8(11(14)7-16-2)5-9(10)6-12(13)15/h3-5,11,14H,6-7H2,1-2H3. The molecule has 0 fully saturated rings. The van der Waals surface area contributed by atoms with E-state index in [9.17, 15) is 9.90 Å². The first kappa shape index (κ1) is 11.1. The van der Waals surface area contributed by atoms with Crippen LogP contribution in [-0.2, 0) is 16.0 Å². The van der Waals surface area contributed by atoms with Crippen LogP contribution in [0.25, 0.3) is 0 Å². The van der Waals surface area contributed by atoms with Gasteiger partial charge in [-0.05, 0) is 17.2 Å². The van der Waals surface area contributed by atoms with Gasteiger partial charge in [0.1, 0.15) is 6.10 Å². The highest BCUT2D eigenvalue weighted by molar-refractivity contribution is 6.00. The van der Waals surface area contributed by atoms with E-state index in [-0.39, 0.29) is 12.5 Å². The number of hydrogen-bond acceptors (Lipinski definition) is 3. The van der Waals surface area contributed by atoms with Gasteiger partial charge in [-0.25, -0.2) is 0 Å². The third kappa shape index (κ3) is 1.81. The summed E-state index contributed by atoms with van der Waals surface area (Å²) in [6.07, 6.45) is -0.212. The second kappa shape index (κ2) is 4.23. The van der Waals surface area contributed by atoms with Crippen LogP contribution >= 0.6 is 0 Å². The van der Waals surface area contributed by atoms with Crippen molar-refractivity contribution in [3.8, 4) is 0 Å². The monoisotopic (exact) mass is 221 g/mol. The van der Waals surface area contributed by atoms with Gasteiger partial charge in [0.05, 0.1) is 13.0 Å². The fourth-order valence-electron chi connectivity index (χ4n) is 1.95. The van der Waals surface area contributed by atoms with Gasteiger partial charge in [-0.15, -0.1) is 0 Å². The lowest BCUT2D eigenvalue weighted by Crippen LogP contribution is -2.20. The third-order valence-corrected chi connectivity index (χ3v) is 2.89. The lowest BCUT2D eigenvalue weighted by Gasteiger charge is -2.13. The van der Waals surface area contributed by atoms with Crippen molar-refractivity contribution in [2.24, 2.45) is 0 Å². The fourth-order valence-corrected chi connectivity index (χ4v) is 1.95. The van der Waals surface area contributed by atoms with E-state index in [2.05, 4.69) is 0 Å². The molecule has 1 unspecified atom stereocenters. The number of hydrogen-bond donors (Lipinski definition) is 1. The van der Waals surface area contributed by atoms with Crippen LogP contribution in [0.3, 0.4) is 0 Å². The number of anilines is 1. The molecule has 0 bridgehead atoms. The maximum atomic E-state index is 11.5. The second-order valence-corrected chi connectivity index (χ2v) is 3.99. The lowest BCUT2D eigenvalue weighted by atomic mass is 10.0. The topological polar surface area (TPSA) is 49.8 Å². The van der Waals surface area contributed by atoms with E-state index in [1.807, 2.05) is 18.2 Å². The number of aliphatic hydroxyl groups excluding tert-OH is 1. The summed E-state index contributed by atoms with van der Waals surface area (Å²) in [5, 5.41) is 9.76. The average Bonchev–Trinajstić information content (AvgIpc) is 2.55. The minimum Gasteiger partial charge on any atom is -0.386 e. The van der Waals surface area contributed by atoms with Gasteiger partial charge >= 0.3 is 0 Å². The summed E-state index contributed by atoms with van der Waals surface area (Å²) >= 11 is 0. The van der Waals surface area contributed by atoms with E-state index in [1.54, 1.807) is 19.1 Å². The summed E-state index contributed by atoms with van der Waals surface area (Å²) in [5.41, 5.74) is 2.70. The number of rotatable bonds is 3. The Morgan fingerprint density at radius 2 is 2.31 bits per heavy atom. The zero-order chi connectivity index (χ0) is 11.7. The summed E-state index contributed by atoms with van der Waals surface area (Å²) in [5.74, 6) is 0.0911. The molecule has 0 spiro atoms. The molecule has 16 heavy (non-hydrogen) atoms. The van der Waals surface area contributed by atoms with Crippen LogP contribution in [-0.4, -0.2) is 31.8 Å². The molecule has 1 aromatic rings. The molecular formula is C12H15NO3. The SMILES string of the molecule is COCC(O)c1ccc2c(c1)CC(=O)N2C. The normalized spacial score (nSPS) is 16.4. The fraction of sp³-hybridized carbons (Fsp3) is 0.417. The number of aliphatic hydroxyl groups is 1. The summed E-state index contributed by atoms with van der Waals surface area (Å²) in [4.78, 5) is 13.1. The van der Waals surface area contributed by atoms with E-state index in [1.165, 1.54) is 0 Å². The number of fused-ring (bicyclic) bond motifs is 1. The number of carbonyl (C=O) groups excluding carboxylic acids is 1.